The molecular formula is C19H21ClN6O. The van der Waals surface area contributed by atoms with Gasteiger partial charge in [-0.25, -0.2) is 0 Å². The van der Waals surface area contributed by atoms with E-state index in [9.17, 15) is 4.79 Å². The molecule has 1 amide bonds. The molecule has 3 heterocycles. The molecule has 1 N–H and O–H groups in total. The van der Waals surface area contributed by atoms with Crippen molar-refractivity contribution >= 4 is 23.2 Å². The lowest BCUT2D eigenvalue weighted by atomic mass is 10.1. The van der Waals surface area contributed by atoms with Crippen LogP contribution in [0.25, 0.3) is 11.3 Å². The van der Waals surface area contributed by atoms with Gasteiger partial charge in [0.1, 0.15) is 0 Å². The minimum Gasteiger partial charge on any atom is -0.368 e. The normalized spacial score (nSPS) is 15.0. The topological polar surface area (TPSA) is 70.1 Å². The van der Waals surface area contributed by atoms with Crippen molar-refractivity contribution in [1.29, 1.82) is 0 Å². The van der Waals surface area contributed by atoms with Crippen LogP contribution in [-0.2, 0) is 7.05 Å². The number of hydrogen-bond donors (Lipinski definition) is 1. The van der Waals surface area contributed by atoms with Crippen molar-refractivity contribution in [2.24, 2.45) is 7.05 Å². The number of benzene rings is 1. The molecule has 0 saturated carbocycles. The number of H-pyrrole nitrogens is 1. The fourth-order valence-corrected chi connectivity index (χ4v) is 3.71. The summed E-state index contributed by atoms with van der Waals surface area (Å²) in [7, 11) is 1.85. The number of carbonyl (C=O) groups excluding carboxylic acids is 1. The molecule has 0 spiro atoms. The van der Waals surface area contributed by atoms with Crippen molar-refractivity contribution in [3.05, 3.63) is 53.4 Å². The monoisotopic (exact) mass is 384 g/mol. The molecule has 0 aliphatic carbocycles. The number of amides is 1. The largest absolute Gasteiger partial charge is 0.368 e. The quantitative estimate of drug-likeness (QED) is 0.753. The Hall–Kier alpha value is -2.80. The lowest BCUT2D eigenvalue weighted by Crippen LogP contribution is -2.35. The minimum atomic E-state index is -0.0105. The van der Waals surface area contributed by atoms with Crippen molar-refractivity contribution < 1.29 is 4.79 Å². The molecule has 1 fully saturated rings. The summed E-state index contributed by atoms with van der Waals surface area (Å²) in [4.78, 5) is 17.3. The van der Waals surface area contributed by atoms with Gasteiger partial charge in [0.05, 0.1) is 34.4 Å². The zero-order valence-electron chi connectivity index (χ0n) is 15.1. The van der Waals surface area contributed by atoms with E-state index in [1.165, 1.54) is 0 Å². The molecule has 7 nitrogen and oxygen atoms in total. The van der Waals surface area contributed by atoms with Crippen molar-refractivity contribution in [1.82, 2.24) is 24.9 Å². The number of anilines is 1. The second-order valence-corrected chi connectivity index (χ2v) is 7.05. The molecule has 8 heteroatoms. The van der Waals surface area contributed by atoms with Crippen LogP contribution in [0.15, 0.2) is 42.9 Å². The van der Waals surface area contributed by atoms with Gasteiger partial charge in [0.2, 0.25) is 0 Å². The van der Waals surface area contributed by atoms with Crippen molar-refractivity contribution in [3.8, 4) is 11.3 Å². The Bertz CT molecular complexity index is 949. The summed E-state index contributed by atoms with van der Waals surface area (Å²) in [6.45, 7) is 2.96. The van der Waals surface area contributed by atoms with Crippen LogP contribution in [-0.4, -0.2) is 57.0 Å². The van der Waals surface area contributed by atoms with Crippen molar-refractivity contribution in [2.75, 3.05) is 31.1 Å². The summed E-state index contributed by atoms with van der Waals surface area (Å²) in [5, 5.41) is 11.9. The summed E-state index contributed by atoms with van der Waals surface area (Å²) in [5.41, 5.74) is 3.16. The number of aryl methyl sites for hydroxylation is 1. The van der Waals surface area contributed by atoms with E-state index in [1.807, 2.05) is 42.4 Å². The van der Waals surface area contributed by atoms with E-state index in [0.29, 0.717) is 24.3 Å². The van der Waals surface area contributed by atoms with E-state index < -0.39 is 0 Å². The standard InChI is InChI=1S/C19H21ClN6O/c1-24-13-14(11-22-24)18-15(12-21-23-18)19(27)26-8-4-7-25(9-10-26)17-6-3-2-5-16(17)20/h2-3,5-6,11-13H,4,7-10H2,1H3,(H,21,23). The van der Waals surface area contributed by atoms with Crippen LogP contribution in [0.3, 0.4) is 0 Å². The number of aromatic amines is 1. The Balaban J connectivity index is 1.51. The predicted molar refractivity (Wildman–Crippen MR) is 105 cm³/mol. The van der Waals surface area contributed by atoms with Crippen LogP contribution >= 0.6 is 11.6 Å². The molecule has 0 unspecified atom stereocenters. The summed E-state index contributed by atoms with van der Waals surface area (Å²) < 4.78 is 1.71. The average Bonchev–Trinajstić information content (AvgIpc) is 3.24. The number of hydrogen-bond acceptors (Lipinski definition) is 4. The Labute approximate surface area is 162 Å². The van der Waals surface area contributed by atoms with Gasteiger partial charge in [0, 0.05) is 45.0 Å². The SMILES string of the molecule is Cn1cc(-c2[nH]ncc2C(=O)N2CCCN(c3ccccc3Cl)CC2)cn1. The number of rotatable bonds is 3. The maximum absolute atomic E-state index is 13.1. The van der Waals surface area contributed by atoms with E-state index >= 15 is 0 Å². The highest BCUT2D eigenvalue weighted by Crippen LogP contribution is 2.27. The first-order valence-corrected chi connectivity index (χ1v) is 9.32. The van der Waals surface area contributed by atoms with Crippen molar-refractivity contribution in [2.45, 2.75) is 6.42 Å². The Morgan fingerprint density at radius 2 is 2.00 bits per heavy atom. The molecule has 3 aromatic rings. The van der Waals surface area contributed by atoms with E-state index in [1.54, 1.807) is 17.1 Å². The molecular weight excluding hydrogens is 364 g/mol. The van der Waals surface area contributed by atoms with Gasteiger partial charge in [-0.1, -0.05) is 23.7 Å². The summed E-state index contributed by atoms with van der Waals surface area (Å²) in [6, 6.07) is 7.84. The molecule has 1 aliphatic rings. The van der Waals surface area contributed by atoms with Gasteiger partial charge in [-0.3, -0.25) is 14.6 Å². The number of nitrogens with zero attached hydrogens (tertiary/aromatic N) is 5. The first kappa shape index (κ1) is 17.6. The Morgan fingerprint density at radius 3 is 2.78 bits per heavy atom. The molecule has 1 aromatic carbocycles. The van der Waals surface area contributed by atoms with E-state index in [2.05, 4.69) is 20.2 Å². The van der Waals surface area contributed by atoms with Crippen molar-refractivity contribution in [3.63, 3.8) is 0 Å². The second kappa shape index (κ2) is 7.44. The van der Waals surface area contributed by atoms with Gasteiger partial charge in [-0.2, -0.15) is 10.2 Å². The highest BCUT2D eigenvalue weighted by molar-refractivity contribution is 6.33. The smallest absolute Gasteiger partial charge is 0.257 e. The number of carbonyl (C=O) groups is 1. The third-order valence-corrected chi connectivity index (χ3v) is 5.16. The Kier molecular flexibility index (Phi) is 4.85. The van der Waals surface area contributed by atoms with Gasteiger partial charge in [0.25, 0.3) is 5.91 Å². The number of nitrogens with one attached hydrogen (secondary N) is 1. The zero-order valence-corrected chi connectivity index (χ0v) is 15.9. The van der Waals surface area contributed by atoms with E-state index in [-0.39, 0.29) is 5.91 Å². The molecule has 4 rings (SSSR count). The maximum Gasteiger partial charge on any atom is 0.257 e. The molecule has 0 bridgehead atoms. The lowest BCUT2D eigenvalue weighted by molar-refractivity contribution is 0.0768. The number of halogens is 1. The van der Waals surface area contributed by atoms with Crippen LogP contribution in [0.4, 0.5) is 5.69 Å². The second-order valence-electron chi connectivity index (χ2n) is 6.65. The molecule has 0 radical (unpaired) electrons. The summed E-state index contributed by atoms with van der Waals surface area (Å²) in [6.07, 6.45) is 6.08. The summed E-state index contributed by atoms with van der Waals surface area (Å²) in [5.74, 6) is -0.0105. The van der Waals surface area contributed by atoms with Crippen LogP contribution in [0.1, 0.15) is 16.8 Å². The van der Waals surface area contributed by atoms with E-state index in [0.717, 1.165) is 35.8 Å². The minimum absolute atomic E-state index is 0.0105. The van der Waals surface area contributed by atoms with Crippen LogP contribution in [0.2, 0.25) is 5.02 Å². The van der Waals surface area contributed by atoms with Gasteiger partial charge < -0.3 is 9.80 Å². The molecule has 1 saturated heterocycles. The highest BCUT2D eigenvalue weighted by Gasteiger charge is 2.25. The zero-order chi connectivity index (χ0) is 18.8. The van der Waals surface area contributed by atoms with Gasteiger partial charge >= 0.3 is 0 Å². The molecule has 0 atom stereocenters. The third-order valence-electron chi connectivity index (χ3n) is 4.84. The fourth-order valence-electron chi connectivity index (χ4n) is 3.46. The van der Waals surface area contributed by atoms with Crippen LogP contribution < -0.4 is 4.90 Å². The van der Waals surface area contributed by atoms with E-state index in [4.69, 9.17) is 11.6 Å². The van der Waals surface area contributed by atoms with Gasteiger partial charge in [-0.15, -0.1) is 0 Å². The first-order chi connectivity index (χ1) is 13.1. The Morgan fingerprint density at radius 1 is 1.15 bits per heavy atom. The lowest BCUT2D eigenvalue weighted by Gasteiger charge is -2.24. The molecule has 1 aliphatic heterocycles. The van der Waals surface area contributed by atoms with Crippen LogP contribution in [0.5, 0.6) is 0 Å². The first-order valence-electron chi connectivity index (χ1n) is 8.94. The molecule has 2 aromatic heterocycles. The maximum atomic E-state index is 13.1. The van der Waals surface area contributed by atoms with Crippen LogP contribution in [0, 0.1) is 0 Å². The third kappa shape index (κ3) is 3.55. The number of para-hydroxylation sites is 1. The molecule has 27 heavy (non-hydrogen) atoms. The number of aromatic nitrogens is 4. The average molecular weight is 385 g/mol. The predicted octanol–water partition coefficient (Wildman–Crippen LogP) is 2.82. The van der Waals surface area contributed by atoms with Gasteiger partial charge in [0.15, 0.2) is 0 Å². The highest BCUT2D eigenvalue weighted by atomic mass is 35.5. The fraction of sp³-hybridized carbons (Fsp3) is 0.316. The summed E-state index contributed by atoms with van der Waals surface area (Å²) >= 11 is 6.34. The molecule has 140 valence electrons. The van der Waals surface area contributed by atoms with Gasteiger partial charge in [-0.05, 0) is 18.6 Å².